The quantitative estimate of drug-likeness (QED) is 0.0698. The normalized spacial score (nSPS) is 40.7. The van der Waals surface area contributed by atoms with Crippen LogP contribution in [0.15, 0.2) is 11.6 Å². The number of carbonyl (C=O) groups excluding carboxylic acids is 1. The smallest absolute Gasteiger partial charge is 0.306 e. The van der Waals surface area contributed by atoms with E-state index in [4.69, 9.17) is 14.2 Å². The Morgan fingerprint density at radius 2 is 1.78 bits per heavy atom. The Morgan fingerprint density at radius 1 is 1.00 bits per heavy atom. The molecule has 4 nitrogen and oxygen atoms in total. The molecule has 11 atom stereocenters. The Balaban J connectivity index is 1.13. The van der Waals surface area contributed by atoms with Crippen molar-refractivity contribution in [2.75, 3.05) is 13.4 Å². The van der Waals surface area contributed by atoms with E-state index in [2.05, 4.69) is 67.3 Å². The van der Waals surface area contributed by atoms with Crippen molar-refractivity contribution in [1.82, 2.24) is 0 Å². The molecule has 0 aromatic carbocycles. The molecule has 5 heteroatoms. The summed E-state index contributed by atoms with van der Waals surface area (Å²) < 4.78 is 18.4. The largest absolute Gasteiger partial charge is 0.462 e. The van der Waals surface area contributed by atoms with Gasteiger partial charge in [0.15, 0.2) is 0 Å². The number of esters is 1. The van der Waals surface area contributed by atoms with Gasteiger partial charge in [0.25, 0.3) is 0 Å². The summed E-state index contributed by atoms with van der Waals surface area (Å²) in [6, 6.07) is 1.21. The molecule has 5 aliphatic rings. The van der Waals surface area contributed by atoms with Gasteiger partial charge in [0.1, 0.15) is 12.9 Å². The molecule has 0 radical (unpaired) electrons. The summed E-state index contributed by atoms with van der Waals surface area (Å²) in [5, 5.41) is 0. The van der Waals surface area contributed by atoms with Gasteiger partial charge in [0.05, 0.1) is 6.10 Å². The summed E-state index contributed by atoms with van der Waals surface area (Å²) in [4.78, 5) is 13.1. The van der Waals surface area contributed by atoms with Gasteiger partial charge in [-0.1, -0.05) is 79.3 Å². The van der Waals surface area contributed by atoms with E-state index in [0.717, 1.165) is 49.5 Å². The summed E-state index contributed by atoms with van der Waals surface area (Å²) in [6.45, 7) is 23.1. The molecule has 0 aromatic rings. The molecule has 258 valence electrons. The maximum Gasteiger partial charge on any atom is 0.306 e. The minimum Gasteiger partial charge on any atom is -0.462 e. The van der Waals surface area contributed by atoms with E-state index in [0.29, 0.717) is 53.8 Å². The molecule has 0 N–H and O–H groups in total. The number of hydrogen-bond acceptors (Lipinski definition) is 4. The SMILES string of the molecule is CC(C)[C@@H]1CC[C@@H](C)C[C@H]1OC(=O)CC[C@@H](C)[C@H]1CC[C@H]2[C@@H]3CC=C4C[C@@H](OCOCC[Si](C)(C)C)CC[C@]4(C)[C@H]3CC[C@]12C. The third kappa shape index (κ3) is 7.98. The van der Waals surface area contributed by atoms with Gasteiger partial charge in [0.2, 0.25) is 0 Å². The fraction of sp³-hybridized carbons (Fsp3) is 0.925. The molecule has 0 aromatic heterocycles. The molecule has 4 saturated carbocycles. The van der Waals surface area contributed by atoms with Gasteiger partial charge >= 0.3 is 5.97 Å². The molecular weight excluding hydrogens is 573 g/mol. The first-order chi connectivity index (χ1) is 21.2. The molecule has 0 saturated heterocycles. The van der Waals surface area contributed by atoms with E-state index in [-0.39, 0.29) is 12.1 Å². The maximum absolute atomic E-state index is 13.1. The van der Waals surface area contributed by atoms with E-state index in [1.165, 1.54) is 63.8 Å². The summed E-state index contributed by atoms with van der Waals surface area (Å²) in [5.74, 6) is 5.63. The van der Waals surface area contributed by atoms with Crippen LogP contribution in [0.3, 0.4) is 0 Å². The number of ether oxygens (including phenoxy) is 3. The highest BCUT2D eigenvalue weighted by atomic mass is 28.3. The van der Waals surface area contributed by atoms with E-state index >= 15 is 0 Å². The molecule has 45 heavy (non-hydrogen) atoms. The van der Waals surface area contributed by atoms with Crippen LogP contribution in [0.5, 0.6) is 0 Å². The van der Waals surface area contributed by atoms with Gasteiger partial charge in [-0.15, -0.1) is 0 Å². The zero-order valence-electron chi connectivity index (χ0n) is 30.8. The Kier molecular flexibility index (Phi) is 11.4. The van der Waals surface area contributed by atoms with E-state index in [1.54, 1.807) is 5.57 Å². The van der Waals surface area contributed by atoms with Gasteiger partial charge in [-0.3, -0.25) is 4.79 Å². The Labute approximate surface area is 278 Å². The predicted molar refractivity (Wildman–Crippen MR) is 189 cm³/mol. The Hall–Kier alpha value is -0.653. The van der Waals surface area contributed by atoms with E-state index in [1.807, 2.05) is 0 Å². The lowest BCUT2D eigenvalue weighted by molar-refractivity contribution is -0.156. The van der Waals surface area contributed by atoms with Gasteiger partial charge in [-0.05, 0) is 135 Å². The van der Waals surface area contributed by atoms with Gasteiger partial charge in [0, 0.05) is 21.1 Å². The average Bonchev–Trinajstić information content (AvgIpc) is 3.32. The van der Waals surface area contributed by atoms with Crippen LogP contribution in [-0.4, -0.2) is 39.7 Å². The summed E-state index contributed by atoms with van der Waals surface area (Å²) in [6.07, 6.45) is 18.5. The minimum absolute atomic E-state index is 0.0607. The fourth-order valence-electron chi connectivity index (χ4n) is 11.4. The van der Waals surface area contributed by atoms with Crippen molar-refractivity contribution in [3.63, 3.8) is 0 Å². The van der Waals surface area contributed by atoms with Crippen molar-refractivity contribution in [2.24, 2.45) is 58.2 Å². The third-order valence-electron chi connectivity index (χ3n) is 14.3. The summed E-state index contributed by atoms with van der Waals surface area (Å²) in [5.41, 5.74) is 2.46. The zero-order valence-corrected chi connectivity index (χ0v) is 31.8. The average molecular weight is 643 g/mol. The minimum atomic E-state index is -1.05. The second-order valence-electron chi connectivity index (χ2n) is 18.7. The maximum atomic E-state index is 13.1. The van der Waals surface area contributed by atoms with Gasteiger partial charge in [-0.25, -0.2) is 0 Å². The van der Waals surface area contributed by atoms with Crippen LogP contribution < -0.4 is 0 Å². The van der Waals surface area contributed by atoms with Crippen LogP contribution in [0.2, 0.25) is 25.7 Å². The highest BCUT2D eigenvalue weighted by Crippen LogP contribution is 2.67. The van der Waals surface area contributed by atoms with Crippen LogP contribution in [0.4, 0.5) is 0 Å². The van der Waals surface area contributed by atoms with Crippen molar-refractivity contribution in [3.05, 3.63) is 11.6 Å². The lowest BCUT2D eigenvalue weighted by atomic mass is 9.47. The molecule has 0 unspecified atom stereocenters. The fourth-order valence-corrected chi connectivity index (χ4v) is 12.1. The van der Waals surface area contributed by atoms with Crippen LogP contribution in [0.25, 0.3) is 0 Å². The van der Waals surface area contributed by atoms with Crippen molar-refractivity contribution in [3.8, 4) is 0 Å². The van der Waals surface area contributed by atoms with Crippen molar-refractivity contribution < 1.29 is 19.0 Å². The Morgan fingerprint density at radius 3 is 2.51 bits per heavy atom. The van der Waals surface area contributed by atoms with Crippen molar-refractivity contribution in [1.29, 1.82) is 0 Å². The van der Waals surface area contributed by atoms with E-state index in [9.17, 15) is 4.79 Å². The molecule has 0 spiro atoms. The monoisotopic (exact) mass is 643 g/mol. The molecule has 5 rings (SSSR count). The topological polar surface area (TPSA) is 44.8 Å². The lowest BCUT2D eigenvalue weighted by Gasteiger charge is -2.58. The summed E-state index contributed by atoms with van der Waals surface area (Å²) >= 11 is 0. The number of hydrogen-bond donors (Lipinski definition) is 0. The standard InChI is InChI=1S/C40H70O4Si/c1-27(2)32-13-10-28(3)24-37(32)44-38(41)17-11-29(4)34-15-16-35-33-14-12-30-25-31(43-26-42-22-23-45(7,8)9)18-20-39(30,5)36(33)19-21-40(34,35)6/h12,27-29,31-37H,10-11,13-26H2,1-9H3/t28-,29-,31+,32+,33+,34-,35+,36+,37-,39+,40-/m1/s1. The second kappa shape index (κ2) is 14.4. The number of allylic oxidation sites excluding steroid dienone is 1. The van der Waals surface area contributed by atoms with Crippen LogP contribution in [0.1, 0.15) is 125 Å². The first-order valence-electron chi connectivity index (χ1n) is 19.3. The number of carbonyl (C=O) groups is 1. The van der Waals surface area contributed by atoms with Crippen molar-refractivity contribution >= 4 is 14.0 Å². The van der Waals surface area contributed by atoms with Crippen molar-refractivity contribution in [2.45, 2.75) is 163 Å². The molecule has 4 fully saturated rings. The van der Waals surface area contributed by atoms with Crippen LogP contribution in [0, 0.1) is 58.2 Å². The van der Waals surface area contributed by atoms with Crippen LogP contribution in [-0.2, 0) is 19.0 Å². The second-order valence-corrected chi connectivity index (χ2v) is 24.3. The first-order valence-corrected chi connectivity index (χ1v) is 23.0. The molecule has 5 aliphatic carbocycles. The highest BCUT2D eigenvalue weighted by molar-refractivity contribution is 6.76. The molecule has 0 amide bonds. The van der Waals surface area contributed by atoms with E-state index < -0.39 is 8.07 Å². The third-order valence-corrected chi connectivity index (χ3v) is 16.0. The van der Waals surface area contributed by atoms with Crippen LogP contribution >= 0.6 is 0 Å². The predicted octanol–water partition coefficient (Wildman–Crippen LogP) is 10.7. The first kappa shape index (κ1) is 35.6. The van der Waals surface area contributed by atoms with Gasteiger partial charge < -0.3 is 14.2 Å². The summed E-state index contributed by atoms with van der Waals surface area (Å²) in [7, 11) is -1.05. The molecular formula is C40H70O4Si. The van der Waals surface area contributed by atoms with Gasteiger partial charge in [-0.2, -0.15) is 0 Å². The molecule has 0 heterocycles. The number of rotatable bonds is 12. The molecule has 0 aliphatic heterocycles. The lowest BCUT2D eigenvalue weighted by Crippen LogP contribution is -2.51. The number of fused-ring (bicyclic) bond motifs is 5. The Bertz CT molecular complexity index is 1030. The molecule has 0 bridgehead atoms. The highest BCUT2D eigenvalue weighted by Gasteiger charge is 2.59. The zero-order chi connectivity index (χ0) is 32.6.